The van der Waals surface area contributed by atoms with E-state index in [0.717, 1.165) is 46.9 Å². The van der Waals surface area contributed by atoms with Gasteiger partial charge in [-0.2, -0.15) is 4.98 Å². The Balaban J connectivity index is 1.37. The van der Waals surface area contributed by atoms with Gasteiger partial charge in [-0.25, -0.2) is 4.98 Å². The van der Waals surface area contributed by atoms with E-state index in [1.54, 1.807) is 0 Å². The van der Waals surface area contributed by atoms with Crippen LogP contribution in [0.3, 0.4) is 0 Å². The van der Waals surface area contributed by atoms with Crippen molar-refractivity contribution in [2.24, 2.45) is 0 Å². The molecule has 1 aromatic heterocycles. The number of halogens is 1. The van der Waals surface area contributed by atoms with E-state index in [1.165, 1.54) is 0 Å². The predicted molar refractivity (Wildman–Crippen MR) is 125 cm³/mol. The van der Waals surface area contributed by atoms with Crippen LogP contribution < -0.4 is 15.5 Å². The van der Waals surface area contributed by atoms with E-state index in [2.05, 4.69) is 26.6 Å². The second-order valence-electron chi connectivity index (χ2n) is 7.96. The first-order valence-corrected chi connectivity index (χ1v) is 11.1. The summed E-state index contributed by atoms with van der Waals surface area (Å²) >= 11 is 3.40. The van der Waals surface area contributed by atoms with Gasteiger partial charge in [0.1, 0.15) is 5.82 Å². The average Bonchev–Trinajstić information content (AvgIpc) is 2.75. The third kappa shape index (κ3) is 4.73. The van der Waals surface area contributed by atoms with Gasteiger partial charge in [-0.05, 0) is 62.1 Å². The van der Waals surface area contributed by atoms with Gasteiger partial charge in [-0.15, -0.1) is 0 Å². The summed E-state index contributed by atoms with van der Waals surface area (Å²) in [6, 6.07) is 16.0. The number of para-hydroxylation sites is 1. The van der Waals surface area contributed by atoms with Gasteiger partial charge < -0.3 is 15.5 Å². The predicted octanol–water partition coefficient (Wildman–Crippen LogP) is 4.61. The quantitative estimate of drug-likeness (QED) is 0.573. The first kappa shape index (κ1) is 20.6. The number of fused-ring (bicyclic) bond motifs is 1. The first-order valence-electron chi connectivity index (χ1n) is 10.3. The Labute approximate surface area is 185 Å². The lowest BCUT2D eigenvalue weighted by molar-refractivity contribution is 0.0926. The van der Waals surface area contributed by atoms with Gasteiger partial charge in [0.05, 0.1) is 5.52 Å². The van der Waals surface area contributed by atoms with Crippen LogP contribution in [0.2, 0.25) is 0 Å². The fourth-order valence-electron chi connectivity index (χ4n) is 3.90. The number of rotatable bonds is 5. The molecule has 156 valence electrons. The molecule has 3 aromatic rings. The van der Waals surface area contributed by atoms with Crippen molar-refractivity contribution in [1.82, 2.24) is 15.3 Å². The second kappa shape index (κ2) is 9.00. The topological polar surface area (TPSA) is 70.2 Å². The summed E-state index contributed by atoms with van der Waals surface area (Å²) < 4.78 is 0.971. The average molecular weight is 468 g/mol. The molecule has 0 aliphatic heterocycles. The fourth-order valence-corrected chi connectivity index (χ4v) is 4.16. The lowest BCUT2D eigenvalue weighted by Gasteiger charge is -2.30. The number of amides is 1. The Kier molecular flexibility index (Phi) is 6.18. The van der Waals surface area contributed by atoms with Gasteiger partial charge in [0, 0.05) is 41.6 Å². The van der Waals surface area contributed by atoms with Crippen molar-refractivity contribution < 1.29 is 4.79 Å². The van der Waals surface area contributed by atoms with Gasteiger partial charge in [0.25, 0.3) is 5.91 Å². The minimum absolute atomic E-state index is 0.00704. The molecule has 0 atom stereocenters. The molecule has 0 bridgehead atoms. The molecule has 30 heavy (non-hydrogen) atoms. The summed E-state index contributed by atoms with van der Waals surface area (Å²) in [6.07, 6.45) is 3.82. The van der Waals surface area contributed by atoms with Crippen molar-refractivity contribution in [3.05, 3.63) is 58.6 Å². The van der Waals surface area contributed by atoms with E-state index in [9.17, 15) is 4.79 Å². The molecule has 0 saturated heterocycles. The molecule has 2 N–H and O–H groups in total. The lowest BCUT2D eigenvalue weighted by atomic mass is 9.91. The molecule has 1 heterocycles. The van der Waals surface area contributed by atoms with Gasteiger partial charge in [0.15, 0.2) is 0 Å². The number of nitrogens with zero attached hydrogens (tertiary/aromatic N) is 3. The number of hydrogen-bond donors (Lipinski definition) is 2. The molecular formula is C23H26BrN5O. The monoisotopic (exact) mass is 467 g/mol. The zero-order chi connectivity index (χ0) is 21.1. The largest absolute Gasteiger partial charge is 0.362 e. The highest BCUT2D eigenvalue weighted by Crippen LogP contribution is 2.26. The van der Waals surface area contributed by atoms with E-state index in [1.807, 2.05) is 67.5 Å². The molecule has 0 radical (unpaired) electrons. The van der Waals surface area contributed by atoms with Gasteiger partial charge >= 0.3 is 0 Å². The van der Waals surface area contributed by atoms with Crippen molar-refractivity contribution in [1.29, 1.82) is 0 Å². The standard InChI is InChI=1S/C23H26BrN5O/c1-29(2)21-19-5-3-4-6-20(19)27-23(28-21)26-18-13-11-17(12-14-18)25-22(30)15-7-9-16(24)10-8-15/h3-10,17-18H,11-14H2,1-2H3,(H,25,30)(H,26,27,28). The van der Waals surface area contributed by atoms with Crippen LogP contribution in [0.4, 0.5) is 11.8 Å². The maximum absolute atomic E-state index is 12.5. The molecule has 1 fully saturated rings. The van der Waals surface area contributed by atoms with E-state index in [4.69, 9.17) is 9.97 Å². The van der Waals surface area contributed by atoms with Crippen LogP contribution in [0.1, 0.15) is 36.0 Å². The molecule has 1 aliphatic carbocycles. The van der Waals surface area contributed by atoms with E-state index < -0.39 is 0 Å². The first-order chi connectivity index (χ1) is 14.5. The maximum atomic E-state index is 12.5. The molecule has 1 saturated carbocycles. The summed E-state index contributed by atoms with van der Waals surface area (Å²) in [7, 11) is 4.00. The van der Waals surface area contributed by atoms with E-state index >= 15 is 0 Å². The minimum Gasteiger partial charge on any atom is -0.362 e. The van der Waals surface area contributed by atoms with Crippen molar-refractivity contribution >= 4 is 44.5 Å². The van der Waals surface area contributed by atoms with E-state index in [-0.39, 0.29) is 11.9 Å². The smallest absolute Gasteiger partial charge is 0.251 e. The Morgan fingerprint density at radius 2 is 1.63 bits per heavy atom. The molecular weight excluding hydrogens is 442 g/mol. The van der Waals surface area contributed by atoms with Crippen LogP contribution >= 0.6 is 15.9 Å². The Morgan fingerprint density at radius 3 is 2.33 bits per heavy atom. The van der Waals surface area contributed by atoms with Crippen molar-refractivity contribution in [3.63, 3.8) is 0 Å². The van der Waals surface area contributed by atoms with Gasteiger partial charge in [0.2, 0.25) is 5.95 Å². The molecule has 7 heteroatoms. The normalized spacial score (nSPS) is 18.8. The Bertz CT molecular complexity index is 1030. The highest BCUT2D eigenvalue weighted by Gasteiger charge is 2.23. The number of benzene rings is 2. The summed E-state index contributed by atoms with van der Waals surface area (Å²) in [4.78, 5) is 23.9. The van der Waals surface area contributed by atoms with Crippen molar-refractivity contribution in [3.8, 4) is 0 Å². The minimum atomic E-state index is -0.00704. The zero-order valence-corrected chi connectivity index (χ0v) is 18.8. The number of carbonyl (C=O) groups excluding carboxylic acids is 1. The highest BCUT2D eigenvalue weighted by molar-refractivity contribution is 9.10. The van der Waals surface area contributed by atoms with Gasteiger partial charge in [-0.3, -0.25) is 4.79 Å². The molecule has 0 spiro atoms. The number of anilines is 2. The number of nitrogens with one attached hydrogen (secondary N) is 2. The highest BCUT2D eigenvalue weighted by atomic mass is 79.9. The Morgan fingerprint density at radius 1 is 0.967 bits per heavy atom. The van der Waals surface area contributed by atoms with Crippen LogP contribution in [0, 0.1) is 0 Å². The number of aromatic nitrogens is 2. The lowest BCUT2D eigenvalue weighted by Crippen LogP contribution is -2.40. The molecule has 2 aromatic carbocycles. The van der Waals surface area contributed by atoms with Crippen LogP contribution in [0.5, 0.6) is 0 Å². The summed E-state index contributed by atoms with van der Waals surface area (Å²) in [6.45, 7) is 0. The van der Waals surface area contributed by atoms with E-state index in [0.29, 0.717) is 17.6 Å². The van der Waals surface area contributed by atoms with Crippen molar-refractivity contribution in [2.45, 2.75) is 37.8 Å². The van der Waals surface area contributed by atoms with Crippen LogP contribution in [-0.2, 0) is 0 Å². The number of hydrogen-bond acceptors (Lipinski definition) is 5. The molecule has 0 unspecified atom stereocenters. The molecule has 1 amide bonds. The molecule has 4 rings (SSSR count). The Hall–Kier alpha value is -2.67. The van der Waals surface area contributed by atoms with Crippen molar-refractivity contribution in [2.75, 3.05) is 24.3 Å². The fraction of sp³-hybridized carbons (Fsp3) is 0.348. The summed E-state index contributed by atoms with van der Waals surface area (Å²) in [5.41, 5.74) is 1.63. The van der Waals surface area contributed by atoms with Crippen LogP contribution in [-0.4, -0.2) is 42.1 Å². The third-order valence-corrected chi connectivity index (χ3v) is 6.04. The molecule has 1 aliphatic rings. The van der Waals surface area contributed by atoms with Gasteiger partial charge in [-0.1, -0.05) is 28.1 Å². The van der Waals surface area contributed by atoms with Crippen LogP contribution in [0.15, 0.2) is 53.0 Å². The summed E-state index contributed by atoms with van der Waals surface area (Å²) in [5.74, 6) is 1.57. The third-order valence-electron chi connectivity index (χ3n) is 5.51. The zero-order valence-electron chi connectivity index (χ0n) is 17.2. The number of carbonyl (C=O) groups is 1. The second-order valence-corrected chi connectivity index (χ2v) is 8.87. The summed E-state index contributed by atoms with van der Waals surface area (Å²) in [5, 5.41) is 7.73. The maximum Gasteiger partial charge on any atom is 0.251 e. The SMILES string of the molecule is CN(C)c1nc(NC2CCC(NC(=O)c3ccc(Br)cc3)CC2)nc2ccccc12. The molecule has 6 nitrogen and oxygen atoms in total. The van der Waals surface area contributed by atoms with Crippen LogP contribution in [0.25, 0.3) is 10.9 Å².